The van der Waals surface area contributed by atoms with Gasteiger partial charge in [0.25, 0.3) is 5.91 Å². The van der Waals surface area contributed by atoms with E-state index < -0.39 is 0 Å². The molecule has 3 atom stereocenters. The van der Waals surface area contributed by atoms with Gasteiger partial charge < -0.3 is 20.3 Å². The summed E-state index contributed by atoms with van der Waals surface area (Å²) < 4.78 is 10.4. The lowest BCUT2D eigenvalue weighted by molar-refractivity contribution is -0.0303. The zero-order valence-corrected chi connectivity index (χ0v) is 9.97. The molecular weight excluding hydrogens is 222 g/mol. The minimum atomic E-state index is -0.287. The molecule has 1 saturated carbocycles. The molecule has 1 aromatic heterocycles. The Hall–Kier alpha value is -1.40. The Balaban J connectivity index is 1.97. The summed E-state index contributed by atoms with van der Waals surface area (Å²) in [6, 6.07) is -0.203. The number of nitrogens with zero attached hydrogens (tertiary/aromatic N) is 1. The van der Waals surface area contributed by atoms with E-state index in [9.17, 15) is 4.79 Å². The van der Waals surface area contributed by atoms with Gasteiger partial charge in [0, 0.05) is 18.2 Å². The van der Waals surface area contributed by atoms with E-state index in [0.29, 0.717) is 12.2 Å². The van der Waals surface area contributed by atoms with Crippen LogP contribution in [0.15, 0.2) is 10.7 Å². The topological polar surface area (TPSA) is 90.4 Å². The van der Waals surface area contributed by atoms with E-state index >= 15 is 0 Å². The van der Waals surface area contributed by atoms with E-state index in [0.717, 1.165) is 6.42 Å². The Bertz CT molecular complexity index is 402. The predicted octanol–water partition coefficient (Wildman–Crippen LogP) is 0.218. The smallest absolute Gasteiger partial charge is 0.290 e. The van der Waals surface area contributed by atoms with Crippen LogP contribution in [0, 0.1) is 6.92 Å². The highest BCUT2D eigenvalue weighted by molar-refractivity contribution is 5.92. The second-order valence-corrected chi connectivity index (χ2v) is 4.23. The normalized spacial score (nSPS) is 27.6. The third-order valence-corrected chi connectivity index (χ3v) is 3.00. The van der Waals surface area contributed by atoms with Crippen LogP contribution in [-0.2, 0) is 4.74 Å². The zero-order valence-electron chi connectivity index (χ0n) is 9.97. The molecule has 3 N–H and O–H groups in total. The summed E-state index contributed by atoms with van der Waals surface area (Å²) in [7, 11) is 0. The quantitative estimate of drug-likeness (QED) is 0.784. The van der Waals surface area contributed by atoms with Crippen molar-refractivity contribution in [1.29, 1.82) is 0 Å². The molecule has 94 valence electrons. The summed E-state index contributed by atoms with van der Waals surface area (Å²) >= 11 is 0. The standard InChI is InChI=1S/C11H17N3O3/c1-3-16-8-4-7(12)9(8)14-11(15)10-6(2)5-13-17-10/h5,7-9H,3-4,12H2,1-2H3,(H,14,15). The number of hydrogen-bond acceptors (Lipinski definition) is 5. The van der Waals surface area contributed by atoms with Crippen LogP contribution in [0.3, 0.4) is 0 Å². The number of ether oxygens (including phenoxy) is 1. The molecule has 1 fully saturated rings. The first-order valence-corrected chi connectivity index (χ1v) is 5.72. The number of carbonyl (C=O) groups is 1. The lowest BCUT2D eigenvalue weighted by Gasteiger charge is -2.42. The molecule has 17 heavy (non-hydrogen) atoms. The first-order chi connectivity index (χ1) is 8.13. The van der Waals surface area contributed by atoms with Gasteiger partial charge in [-0.1, -0.05) is 5.16 Å². The summed E-state index contributed by atoms with van der Waals surface area (Å²) in [5.41, 5.74) is 6.55. The maximum absolute atomic E-state index is 11.9. The van der Waals surface area contributed by atoms with Crippen molar-refractivity contribution >= 4 is 5.91 Å². The average Bonchev–Trinajstić information content (AvgIpc) is 2.72. The maximum atomic E-state index is 11.9. The number of rotatable bonds is 4. The van der Waals surface area contributed by atoms with E-state index in [4.69, 9.17) is 15.0 Å². The van der Waals surface area contributed by atoms with Gasteiger partial charge in [-0.15, -0.1) is 0 Å². The number of nitrogens with two attached hydrogens (primary N) is 1. The van der Waals surface area contributed by atoms with Crippen LogP contribution in [-0.4, -0.2) is 35.9 Å². The molecule has 1 aromatic rings. The lowest BCUT2D eigenvalue weighted by atomic mass is 9.83. The minimum absolute atomic E-state index is 0.00202. The van der Waals surface area contributed by atoms with Gasteiger partial charge in [0.05, 0.1) is 18.3 Å². The number of aryl methyl sites for hydroxylation is 1. The summed E-state index contributed by atoms with van der Waals surface area (Å²) in [5, 5.41) is 6.39. The zero-order chi connectivity index (χ0) is 12.4. The highest BCUT2D eigenvalue weighted by Crippen LogP contribution is 2.23. The van der Waals surface area contributed by atoms with Crippen LogP contribution in [0.25, 0.3) is 0 Å². The summed E-state index contributed by atoms with van der Waals surface area (Å²) in [4.78, 5) is 11.9. The predicted molar refractivity (Wildman–Crippen MR) is 60.5 cm³/mol. The van der Waals surface area contributed by atoms with Crippen molar-refractivity contribution in [3.05, 3.63) is 17.5 Å². The number of amides is 1. The van der Waals surface area contributed by atoms with Crippen molar-refractivity contribution in [2.45, 2.75) is 38.5 Å². The van der Waals surface area contributed by atoms with Crippen molar-refractivity contribution in [3.63, 3.8) is 0 Å². The molecule has 6 heteroatoms. The summed E-state index contributed by atoms with van der Waals surface area (Å²) in [6.45, 7) is 4.31. The first kappa shape index (κ1) is 12.1. The van der Waals surface area contributed by atoms with Gasteiger partial charge in [0.2, 0.25) is 5.76 Å². The maximum Gasteiger partial charge on any atom is 0.290 e. The highest BCUT2D eigenvalue weighted by atomic mass is 16.5. The fourth-order valence-electron chi connectivity index (χ4n) is 1.95. The minimum Gasteiger partial charge on any atom is -0.376 e. The largest absolute Gasteiger partial charge is 0.376 e. The molecule has 0 spiro atoms. The van der Waals surface area contributed by atoms with Crippen molar-refractivity contribution < 1.29 is 14.1 Å². The van der Waals surface area contributed by atoms with Crippen LogP contribution in [0.2, 0.25) is 0 Å². The monoisotopic (exact) mass is 239 g/mol. The Kier molecular flexibility index (Phi) is 3.44. The third kappa shape index (κ3) is 2.32. The van der Waals surface area contributed by atoms with Crippen molar-refractivity contribution in [1.82, 2.24) is 10.5 Å². The molecule has 0 saturated heterocycles. The molecule has 6 nitrogen and oxygen atoms in total. The van der Waals surface area contributed by atoms with Crippen LogP contribution >= 0.6 is 0 Å². The van der Waals surface area contributed by atoms with Gasteiger partial charge in [-0.2, -0.15) is 0 Å². The summed E-state index contributed by atoms with van der Waals surface area (Å²) in [5.74, 6) is -0.0517. The molecule has 0 aromatic carbocycles. The van der Waals surface area contributed by atoms with Crippen LogP contribution in [0.5, 0.6) is 0 Å². The molecule has 2 rings (SSSR count). The lowest BCUT2D eigenvalue weighted by Crippen LogP contribution is -2.64. The molecule has 0 radical (unpaired) electrons. The third-order valence-electron chi connectivity index (χ3n) is 3.00. The highest BCUT2D eigenvalue weighted by Gasteiger charge is 2.41. The molecular formula is C11H17N3O3. The van der Waals surface area contributed by atoms with Gasteiger partial charge in [-0.25, -0.2) is 0 Å². The fourth-order valence-corrected chi connectivity index (χ4v) is 1.95. The van der Waals surface area contributed by atoms with Gasteiger partial charge in [0.1, 0.15) is 0 Å². The number of nitrogens with one attached hydrogen (secondary N) is 1. The van der Waals surface area contributed by atoms with E-state index in [-0.39, 0.29) is 29.9 Å². The van der Waals surface area contributed by atoms with E-state index in [1.807, 2.05) is 6.92 Å². The van der Waals surface area contributed by atoms with E-state index in [1.165, 1.54) is 6.20 Å². The number of aromatic nitrogens is 1. The van der Waals surface area contributed by atoms with Crippen LogP contribution in [0.4, 0.5) is 0 Å². The fraction of sp³-hybridized carbons (Fsp3) is 0.636. The Morgan fingerprint density at radius 1 is 1.76 bits per heavy atom. The van der Waals surface area contributed by atoms with Gasteiger partial charge in [-0.3, -0.25) is 4.79 Å². The van der Waals surface area contributed by atoms with Gasteiger partial charge in [0.15, 0.2) is 0 Å². The van der Waals surface area contributed by atoms with E-state index in [1.54, 1.807) is 6.92 Å². The molecule has 3 unspecified atom stereocenters. The molecule has 1 aliphatic carbocycles. The Morgan fingerprint density at radius 3 is 3.06 bits per heavy atom. The van der Waals surface area contributed by atoms with Crippen molar-refractivity contribution in [2.24, 2.45) is 5.73 Å². The Morgan fingerprint density at radius 2 is 2.53 bits per heavy atom. The van der Waals surface area contributed by atoms with Gasteiger partial charge in [-0.05, 0) is 20.3 Å². The van der Waals surface area contributed by atoms with Crippen LogP contribution < -0.4 is 11.1 Å². The molecule has 0 aliphatic heterocycles. The molecule has 1 amide bonds. The molecule has 1 aliphatic rings. The number of carbonyl (C=O) groups excluding carboxylic acids is 1. The van der Waals surface area contributed by atoms with Crippen molar-refractivity contribution in [3.8, 4) is 0 Å². The SMILES string of the molecule is CCOC1CC(N)C1NC(=O)c1oncc1C. The number of hydrogen-bond donors (Lipinski definition) is 2. The first-order valence-electron chi connectivity index (χ1n) is 5.72. The van der Waals surface area contributed by atoms with E-state index in [2.05, 4.69) is 10.5 Å². The molecule has 1 heterocycles. The Labute approximate surface area is 99.5 Å². The second-order valence-electron chi connectivity index (χ2n) is 4.23. The second kappa shape index (κ2) is 4.85. The average molecular weight is 239 g/mol. The van der Waals surface area contributed by atoms with Crippen LogP contribution in [0.1, 0.15) is 29.5 Å². The summed E-state index contributed by atoms with van der Waals surface area (Å²) in [6.07, 6.45) is 2.28. The van der Waals surface area contributed by atoms with Gasteiger partial charge >= 0.3 is 0 Å². The van der Waals surface area contributed by atoms with Crippen molar-refractivity contribution in [2.75, 3.05) is 6.61 Å². The molecule has 0 bridgehead atoms.